The molecule has 1 aromatic rings. The van der Waals surface area contributed by atoms with E-state index in [-0.39, 0.29) is 18.5 Å². The van der Waals surface area contributed by atoms with Crippen LogP contribution in [0.1, 0.15) is 44.6 Å². The highest BCUT2D eigenvalue weighted by molar-refractivity contribution is 5.72. The minimum Gasteiger partial charge on any atom is -0.461 e. The van der Waals surface area contributed by atoms with Gasteiger partial charge in [-0.1, -0.05) is 25.0 Å². The first-order chi connectivity index (χ1) is 9.63. The molecule has 0 heterocycles. The van der Waals surface area contributed by atoms with Gasteiger partial charge in [0, 0.05) is 13.3 Å². The van der Waals surface area contributed by atoms with Crippen LogP contribution in [0.25, 0.3) is 0 Å². The molecule has 0 unspecified atom stereocenters. The fourth-order valence-electron chi connectivity index (χ4n) is 2.46. The molecule has 0 aromatic heterocycles. The number of hydrogen-bond acceptors (Lipinski definition) is 4. The second-order valence-corrected chi connectivity index (χ2v) is 5.25. The monoisotopic (exact) mass is 276 g/mol. The van der Waals surface area contributed by atoms with Crippen molar-refractivity contribution in [3.8, 4) is 5.75 Å². The van der Waals surface area contributed by atoms with Gasteiger partial charge in [0.15, 0.2) is 0 Å². The summed E-state index contributed by atoms with van der Waals surface area (Å²) in [6, 6.07) is 7.04. The quantitative estimate of drug-likeness (QED) is 0.612. The molecule has 0 N–H and O–H groups in total. The van der Waals surface area contributed by atoms with E-state index >= 15 is 0 Å². The predicted molar refractivity (Wildman–Crippen MR) is 74.1 cm³/mol. The fourth-order valence-corrected chi connectivity index (χ4v) is 2.46. The third-order valence-electron chi connectivity index (χ3n) is 3.53. The van der Waals surface area contributed by atoms with Crippen LogP contribution in [-0.2, 0) is 20.9 Å². The van der Waals surface area contributed by atoms with Gasteiger partial charge in [0.05, 0.1) is 0 Å². The maximum atomic E-state index is 11.8. The van der Waals surface area contributed by atoms with E-state index in [1.807, 2.05) is 0 Å². The van der Waals surface area contributed by atoms with Crippen molar-refractivity contribution in [3.05, 3.63) is 29.8 Å². The van der Waals surface area contributed by atoms with Gasteiger partial charge in [-0.15, -0.1) is 0 Å². The highest BCUT2D eigenvalue weighted by Gasteiger charge is 2.19. The van der Waals surface area contributed by atoms with Crippen LogP contribution in [0.4, 0.5) is 0 Å². The fraction of sp³-hybridized carbons (Fsp3) is 0.500. The van der Waals surface area contributed by atoms with Crippen molar-refractivity contribution in [3.63, 3.8) is 0 Å². The Balaban J connectivity index is 1.80. The van der Waals surface area contributed by atoms with E-state index in [0.29, 0.717) is 18.1 Å². The smallest absolute Gasteiger partial charge is 0.311 e. The summed E-state index contributed by atoms with van der Waals surface area (Å²) in [7, 11) is 0. The molecule has 1 fully saturated rings. The number of esters is 2. The minimum atomic E-state index is -0.308. The molecule has 0 spiro atoms. The van der Waals surface area contributed by atoms with Crippen LogP contribution in [0, 0.1) is 5.92 Å². The Kier molecular flexibility index (Phi) is 5.16. The molecular formula is C16H20O4. The lowest BCUT2D eigenvalue weighted by molar-refractivity contribution is -0.142. The third-order valence-corrected chi connectivity index (χ3v) is 3.53. The number of ether oxygens (including phenoxy) is 2. The number of benzene rings is 1. The first-order valence-electron chi connectivity index (χ1n) is 7.06. The normalized spacial score (nSPS) is 15.1. The summed E-state index contributed by atoms with van der Waals surface area (Å²) in [5.41, 5.74) is 0.871. The Labute approximate surface area is 119 Å². The molecule has 1 aliphatic carbocycles. The Morgan fingerprint density at radius 3 is 2.40 bits per heavy atom. The van der Waals surface area contributed by atoms with Crippen LogP contribution in [0.5, 0.6) is 5.75 Å². The Bertz CT molecular complexity index is 458. The summed E-state index contributed by atoms with van der Waals surface area (Å²) in [4.78, 5) is 22.5. The Hall–Kier alpha value is -1.84. The van der Waals surface area contributed by atoms with E-state index in [2.05, 4.69) is 0 Å². The van der Waals surface area contributed by atoms with Crippen LogP contribution in [0.15, 0.2) is 24.3 Å². The second-order valence-electron chi connectivity index (χ2n) is 5.25. The molecule has 20 heavy (non-hydrogen) atoms. The lowest BCUT2D eigenvalue weighted by atomic mass is 10.0. The SMILES string of the molecule is CC(=O)OCc1ccc(OC(=O)CC2CCCC2)cc1. The van der Waals surface area contributed by atoms with Crippen molar-refractivity contribution in [1.29, 1.82) is 0 Å². The molecule has 0 bridgehead atoms. The summed E-state index contributed by atoms with van der Waals surface area (Å²) in [5.74, 6) is 0.562. The van der Waals surface area contributed by atoms with Gasteiger partial charge in [0.25, 0.3) is 0 Å². The summed E-state index contributed by atoms with van der Waals surface area (Å²) < 4.78 is 10.2. The molecule has 0 amide bonds. The van der Waals surface area contributed by atoms with Crippen LogP contribution in [-0.4, -0.2) is 11.9 Å². The topological polar surface area (TPSA) is 52.6 Å². The van der Waals surface area contributed by atoms with E-state index < -0.39 is 0 Å². The summed E-state index contributed by atoms with van der Waals surface area (Å²) >= 11 is 0. The molecule has 0 saturated heterocycles. The molecule has 1 saturated carbocycles. The zero-order valence-electron chi connectivity index (χ0n) is 11.8. The van der Waals surface area contributed by atoms with Crippen LogP contribution in [0.3, 0.4) is 0 Å². The van der Waals surface area contributed by atoms with Crippen molar-refractivity contribution >= 4 is 11.9 Å². The van der Waals surface area contributed by atoms with Gasteiger partial charge < -0.3 is 9.47 Å². The molecular weight excluding hydrogens is 256 g/mol. The van der Waals surface area contributed by atoms with Crippen molar-refractivity contribution < 1.29 is 19.1 Å². The molecule has 2 rings (SSSR count). The van der Waals surface area contributed by atoms with E-state index in [9.17, 15) is 9.59 Å². The van der Waals surface area contributed by atoms with E-state index in [1.165, 1.54) is 19.8 Å². The predicted octanol–water partition coefficient (Wildman–Crippen LogP) is 3.24. The van der Waals surface area contributed by atoms with E-state index in [1.54, 1.807) is 24.3 Å². The standard InChI is InChI=1S/C16H20O4/c1-12(17)19-11-14-6-8-15(9-7-14)20-16(18)10-13-4-2-3-5-13/h6-9,13H,2-5,10-11H2,1H3. The average Bonchev–Trinajstić information content (AvgIpc) is 2.90. The van der Waals surface area contributed by atoms with Crippen molar-refractivity contribution in [1.82, 2.24) is 0 Å². The Morgan fingerprint density at radius 1 is 1.15 bits per heavy atom. The summed E-state index contributed by atoms with van der Waals surface area (Å²) in [5, 5.41) is 0. The average molecular weight is 276 g/mol. The minimum absolute atomic E-state index is 0.162. The van der Waals surface area contributed by atoms with Gasteiger partial charge in [-0.3, -0.25) is 9.59 Å². The van der Waals surface area contributed by atoms with Crippen molar-refractivity contribution in [2.24, 2.45) is 5.92 Å². The molecule has 1 aromatic carbocycles. The maximum Gasteiger partial charge on any atom is 0.311 e. The lowest BCUT2D eigenvalue weighted by Gasteiger charge is -2.09. The van der Waals surface area contributed by atoms with Gasteiger partial charge in [0.1, 0.15) is 12.4 Å². The van der Waals surface area contributed by atoms with Gasteiger partial charge in [-0.2, -0.15) is 0 Å². The van der Waals surface area contributed by atoms with Crippen LogP contribution < -0.4 is 4.74 Å². The Morgan fingerprint density at radius 2 is 1.80 bits per heavy atom. The first kappa shape index (κ1) is 14.6. The largest absolute Gasteiger partial charge is 0.461 e. The molecule has 108 valence electrons. The molecule has 0 atom stereocenters. The number of carbonyl (C=O) groups excluding carboxylic acids is 2. The zero-order valence-corrected chi connectivity index (χ0v) is 11.8. The van der Waals surface area contributed by atoms with Crippen LogP contribution >= 0.6 is 0 Å². The van der Waals surface area contributed by atoms with Gasteiger partial charge >= 0.3 is 11.9 Å². The molecule has 0 aliphatic heterocycles. The summed E-state index contributed by atoms with van der Waals surface area (Å²) in [6.07, 6.45) is 5.23. The van der Waals surface area contributed by atoms with Gasteiger partial charge in [-0.25, -0.2) is 0 Å². The molecule has 0 radical (unpaired) electrons. The van der Waals surface area contributed by atoms with Crippen molar-refractivity contribution in [2.45, 2.75) is 45.6 Å². The highest BCUT2D eigenvalue weighted by atomic mass is 16.5. The number of carbonyl (C=O) groups is 2. The maximum absolute atomic E-state index is 11.8. The lowest BCUT2D eigenvalue weighted by Crippen LogP contribution is -2.12. The van der Waals surface area contributed by atoms with E-state index in [4.69, 9.17) is 9.47 Å². The third kappa shape index (κ3) is 4.68. The van der Waals surface area contributed by atoms with Crippen LogP contribution in [0.2, 0.25) is 0 Å². The second kappa shape index (κ2) is 7.08. The summed E-state index contributed by atoms with van der Waals surface area (Å²) in [6.45, 7) is 1.62. The zero-order chi connectivity index (χ0) is 14.4. The van der Waals surface area contributed by atoms with Crippen molar-refractivity contribution in [2.75, 3.05) is 0 Å². The number of rotatable bonds is 5. The highest BCUT2D eigenvalue weighted by Crippen LogP contribution is 2.28. The van der Waals surface area contributed by atoms with E-state index in [0.717, 1.165) is 18.4 Å². The van der Waals surface area contributed by atoms with Gasteiger partial charge in [0.2, 0.25) is 0 Å². The number of hydrogen-bond donors (Lipinski definition) is 0. The molecule has 4 nitrogen and oxygen atoms in total. The molecule has 4 heteroatoms. The first-order valence-corrected chi connectivity index (χ1v) is 7.06. The van der Waals surface area contributed by atoms with Gasteiger partial charge in [-0.05, 0) is 36.5 Å². The molecule has 1 aliphatic rings.